The maximum atomic E-state index is 5.85. The lowest BCUT2D eigenvalue weighted by atomic mass is 10.2. The summed E-state index contributed by atoms with van der Waals surface area (Å²) in [5.74, 6) is 1.99. The van der Waals surface area contributed by atoms with E-state index < -0.39 is 0 Å². The molecule has 0 aromatic carbocycles. The van der Waals surface area contributed by atoms with Crippen LogP contribution in [-0.2, 0) is 13.1 Å². The summed E-state index contributed by atoms with van der Waals surface area (Å²) in [7, 11) is 0. The summed E-state index contributed by atoms with van der Waals surface area (Å²) in [5, 5.41) is 7.72. The summed E-state index contributed by atoms with van der Waals surface area (Å²) in [4.78, 5) is 0. The first kappa shape index (κ1) is 12.9. The Kier molecular flexibility index (Phi) is 4.20. The lowest BCUT2D eigenvalue weighted by molar-refractivity contribution is 0.428. The van der Waals surface area contributed by atoms with Gasteiger partial charge < -0.3 is 9.73 Å². The largest absolute Gasteiger partial charge is 0.462 e. The minimum Gasteiger partial charge on any atom is -0.462 e. The molecule has 0 unspecified atom stereocenters. The molecule has 0 bridgehead atoms. The minimum absolute atomic E-state index is 0.697. The van der Waals surface area contributed by atoms with Crippen molar-refractivity contribution < 1.29 is 4.42 Å². The van der Waals surface area contributed by atoms with Crippen LogP contribution in [0.3, 0.4) is 0 Å². The number of aromatic nitrogens is 2. The highest BCUT2D eigenvalue weighted by molar-refractivity contribution is 5.20. The third-order valence-corrected chi connectivity index (χ3v) is 2.88. The van der Waals surface area contributed by atoms with E-state index in [9.17, 15) is 0 Å². The second-order valence-corrected chi connectivity index (χ2v) is 4.65. The standard InChI is InChI=1S/C14H21N3O/c1-4-6-15-9-14-11(2)8-13(18-14)10-17-7-5-12(3)16-17/h5,7-8,15H,4,6,9-10H2,1-3H3. The summed E-state index contributed by atoms with van der Waals surface area (Å²) < 4.78 is 7.75. The molecule has 0 radical (unpaired) electrons. The van der Waals surface area contributed by atoms with E-state index in [-0.39, 0.29) is 0 Å². The van der Waals surface area contributed by atoms with Crippen LogP contribution < -0.4 is 5.32 Å². The van der Waals surface area contributed by atoms with Crippen molar-refractivity contribution in [2.45, 2.75) is 40.3 Å². The lowest BCUT2D eigenvalue weighted by Crippen LogP contribution is -2.13. The molecule has 4 heteroatoms. The number of aryl methyl sites for hydroxylation is 2. The van der Waals surface area contributed by atoms with Gasteiger partial charge in [-0.2, -0.15) is 5.10 Å². The predicted octanol–water partition coefficient (Wildman–Crippen LogP) is 2.64. The Morgan fingerprint density at radius 2 is 2.22 bits per heavy atom. The molecule has 0 saturated carbocycles. The van der Waals surface area contributed by atoms with Crippen molar-refractivity contribution in [2.75, 3.05) is 6.54 Å². The van der Waals surface area contributed by atoms with E-state index in [1.54, 1.807) is 0 Å². The van der Waals surface area contributed by atoms with Crippen molar-refractivity contribution in [3.63, 3.8) is 0 Å². The van der Waals surface area contributed by atoms with Crippen LogP contribution in [-0.4, -0.2) is 16.3 Å². The second-order valence-electron chi connectivity index (χ2n) is 4.65. The van der Waals surface area contributed by atoms with Gasteiger partial charge in [-0.25, -0.2) is 0 Å². The number of furan rings is 1. The van der Waals surface area contributed by atoms with Crippen LogP contribution in [0.1, 0.15) is 36.1 Å². The monoisotopic (exact) mass is 247 g/mol. The highest BCUT2D eigenvalue weighted by Crippen LogP contribution is 2.15. The molecule has 0 amide bonds. The van der Waals surface area contributed by atoms with E-state index in [0.29, 0.717) is 6.54 Å². The molecule has 2 heterocycles. The van der Waals surface area contributed by atoms with Gasteiger partial charge in [0.2, 0.25) is 0 Å². The van der Waals surface area contributed by atoms with Crippen LogP contribution in [0.15, 0.2) is 22.7 Å². The van der Waals surface area contributed by atoms with Crippen LogP contribution >= 0.6 is 0 Å². The summed E-state index contributed by atoms with van der Waals surface area (Å²) in [6.07, 6.45) is 3.11. The number of nitrogens with zero attached hydrogens (tertiary/aromatic N) is 2. The smallest absolute Gasteiger partial charge is 0.126 e. The summed E-state index contributed by atoms with van der Waals surface area (Å²) >= 11 is 0. The molecular weight excluding hydrogens is 226 g/mol. The van der Waals surface area contributed by atoms with Crippen LogP contribution in [0.5, 0.6) is 0 Å². The van der Waals surface area contributed by atoms with Crippen LogP contribution in [0.2, 0.25) is 0 Å². The van der Waals surface area contributed by atoms with Gasteiger partial charge in [0.05, 0.1) is 18.8 Å². The quantitative estimate of drug-likeness (QED) is 0.798. The molecule has 0 aliphatic rings. The maximum absolute atomic E-state index is 5.85. The fourth-order valence-corrected chi connectivity index (χ4v) is 1.93. The molecule has 2 aromatic rings. The zero-order chi connectivity index (χ0) is 13.0. The van der Waals surface area contributed by atoms with Gasteiger partial charge in [-0.15, -0.1) is 0 Å². The summed E-state index contributed by atoms with van der Waals surface area (Å²) in [5.41, 5.74) is 2.24. The molecule has 2 rings (SSSR count). The Balaban J connectivity index is 1.99. The fraction of sp³-hybridized carbons (Fsp3) is 0.500. The van der Waals surface area contributed by atoms with Gasteiger partial charge >= 0.3 is 0 Å². The molecule has 0 aliphatic carbocycles. The maximum Gasteiger partial charge on any atom is 0.126 e. The van der Waals surface area contributed by atoms with E-state index in [1.165, 1.54) is 5.56 Å². The molecule has 18 heavy (non-hydrogen) atoms. The fourth-order valence-electron chi connectivity index (χ4n) is 1.93. The SMILES string of the molecule is CCCNCc1oc(Cn2ccc(C)n2)cc1C. The van der Waals surface area contributed by atoms with Crippen molar-refractivity contribution >= 4 is 0 Å². The highest BCUT2D eigenvalue weighted by atomic mass is 16.3. The van der Waals surface area contributed by atoms with E-state index >= 15 is 0 Å². The number of nitrogens with one attached hydrogen (secondary N) is 1. The third-order valence-electron chi connectivity index (χ3n) is 2.88. The molecule has 0 spiro atoms. The van der Waals surface area contributed by atoms with Gasteiger partial charge in [0.25, 0.3) is 0 Å². The minimum atomic E-state index is 0.697. The topological polar surface area (TPSA) is 43.0 Å². The van der Waals surface area contributed by atoms with Crippen LogP contribution in [0, 0.1) is 13.8 Å². The van der Waals surface area contributed by atoms with Crippen molar-refractivity contribution in [1.29, 1.82) is 0 Å². The number of rotatable bonds is 6. The van der Waals surface area contributed by atoms with Crippen LogP contribution in [0.25, 0.3) is 0 Å². The average molecular weight is 247 g/mol. The Morgan fingerprint density at radius 3 is 2.89 bits per heavy atom. The zero-order valence-corrected chi connectivity index (χ0v) is 11.4. The molecule has 0 aliphatic heterocycles. The molecule has 1 N–H and O–H groups in total. The van der Waals surface area contributed by atoms with Crippen molar-refractivity contribution in [2.24, 2.45) is 0 Å². The highest BCUT2D eigenvalue weighted by Gasteiger charge is 2.08. The first-order valence-corrected chi connectivity index (χ1v) is 6.48. The molecule has 4 nitrogen and oxygen atoms in total. The van der Waals surface area contributed by atoms with Crippen molar-refractivity contribution in [1.82, 2.24) is 15.1 Å². The zero-order valence-electron chi connectivity index (χ0n) is 11.4. The Morgan fingerprint density at radius 1 is 1.39 bits per heavy atom. The van der Waals surface area contributed by atoms with Gasteiger partial charge in [-0.3, -0.25) is 4.68 Å². The number of hydrogen-bond donors (Lipinski definition) is 1. The Hall–Kier alpha value is -1.55. The first-order valence-electron chi connectivity index (χ1n) is 6.48. The molecule has 0 fully saturated rings. The van der Waals surface area contributed by atoms with Gasteiger partial charge in [-0.05, 0) is 44.5 Å². The van der Waals surface area contributed by atoms with Crippen molar-refractivity contribution in [3.05, 3.63) is 41.1 Å². The van der Waals surface area contributed by atoms with E-state index in [1.807, 2.05) is 23.9 Å². The third kappa shape index (κ3) is 3.23. The summed E-state index contributed by atoms with van der Waals surface area (Å²) in [6, 6.07) is 4.10. The molecule has 2 aromatic heterocycles. The van der Waals surface area contributed by atoms with Gasteiger partial charge in [0, 0.05) is 6.20 Å². The second kappa shape index (κ2) is 5.87. The first-order chi connectivity index (χ1) is 8.69. The Bertz CT molecular complexity index is 499. The molecule has 0 atom stereocenters. The van der Waals surface area contributed by atoms with E-state index in [0.717, 1.165) is 36.7 Å². The summed E-state index contributed by atoms with van der Waals surface area (Å²) in [6.45, 7) is 8.76. The molecular formula is C14H21N3O. The van der Waals surface area contributed by atoms with Crippen LogP contribution in [0.4, 0.5) is 0 Å². The Labute approximate surface area is 108 Å². The van der Waals surface area contributed by atoms with Gasteiger partial charge in [0.1, 0.15) is 11.5 Å². The predicted molar refractivity (Wildman–Crippen MR) is 71.5 cm³/mol. The number of hydrogen-bond acceptors (Lipinski definition) is 3. The molecule has 98 valence electrons. The molecule has 0 saturated heterocycles. The normalized spacial score (nSPS) is 11.1. The average Bonchev–Trinajstić information content (AvgIpc) is 2.87. The van der Waals surface area contributed by atoms with E-state index in [4.69, 9.17) is 4.42 Å². The van der Waals surface area contributed by atoms with E-state index in [2.05, 4.69) is 30.3 Å². The lowest BCUT2D eigenvalue weighted by Gasteiger charge is -2.01. The van der Waals surface area contributed by atoms with Gasteiger partial charge in [0.15, 0.2) is 0 Å². The van der Waals surface area contributed by atoms with Gasteiger partial charge in [-0.1, -0.05) is 6.92 Å². The van der Waals surface area contributed by atoms with Crippen molar-refractivity contribution in [3.8, 4) is 0 Å².